The number of nitrogens with zero attached hydrogens (tertiary/aromatic N) is 2. The van der Waals surface area contributed by atoms with Crippen molar-refractivity contribution in [3.63, 3.8) is 0 Å². The largest absolute Gasteiger partial charge is 0.272 e. The highest BCUT2D eigenvalue weighted by atomic mass is 35.5. The van der Waals surface area contributed by atoms with E-state index in [4.69, 9.17) is 11.6 Å². The Morgan fingerprint density at radius 2 is 2.46 bits per heavy atom. The van der Waals surface area contributed by atoms with Gasteiger partial charge in [-0.1, -0.05) is 0 Å². The molecule has 0 aliphatic heterocycles. The van der Waals surface area contributed by atoms with Crippen molar-refractivity contribution in [2.45, 2.75) is 25.3 Å². The molecule has 4 heteroatoms. The number of thioether (sulfide) groups is 1. The molecule has 74 valence electrons. The molecule has 1 aromatic rings. The van der Waals surface area contributed by atoms with Gasteiger partial charge >= 0.3 is 0 Å². The van der Waals surface area contributed by atoms with E-state index in [1.807, 2.05) is 35.8 Å². The summed E-state index contributed by atoms with van der Waals surface area (Å²) in [6.07, 6.45) is 7.16. The van der Waals surface area contributed by atoms with Gasteiger partial charge in [0.2, 0.25) is 0 Å². The fourth-order valence-electron chi connectivity index (χ4n) is 1.08. The number of alkyl halides is 1. The van der Waals surface area contributed by atoms with E-state index in [-0.39, 0.29) is 5.38 Å². The lowest BCUT2D eigenvalue weighted by Crippen LogP contribution is -1.98. The molecule has 0 saturated carbocycles. The molecule has 0 amide bonds. The van der Waals surface area contributed by atoms with Gasteiger partial charge in [0.15, 0.2) is 0 Å². The Kier molecular flexibility index (Phi) is 4.67. The molecule has 0 fully saturated rings. The standard InChI is InChI=1S/C9H15ClN2S/c1-8(10)9-6-11-12(7-9)4-3-5-13-2/h6-8H,3-5H2,1-2H3. The lowest BCUT2D eigenvalue weighted by Gasteiger charge is -1.99. The SMILES string of the molecule is CSCCCn1cc(C(C)Cl)cn1. The molecule has 0 N–H and O–H groups in total. The van der Waals surface area contributed by atoms with Gasteiger partial charge in [0.1, 0.15) is 0 Å². The lowest BCUT2D eigenvalue weighted by atomic mass is 10.3. The highest BCUT2D eigenvalue weighted by molar-refractivity contribution is 7.98. The number of halogens is 1. The van der Waals surface area contributed by atoms with Gasteiger partial charge in [-0.3, -0.25) is 4.68 Å². The van der Waals surface area contributed by atoms with E-state index >= 15 is 0 Å². The van der Waals surface area contributed by atoms with Gasteiger partial charge in [-0.05, 0) is 25.4 Å². The molecule has 0 radical (unpaired) electrons. The van der Waals surface area contributed by atoms with Crippen LogP contribution in [0.3, 0.4) is 0 Å². The van der Waals surface area contributed by atoms with Crippen LogP contribution in [-0.2, 0) is 6.54 Å². The molecule has 0 aromatic carbocycles. The fourth-order valence-corrected chi connectivity index (χ4v) is 1.61. The zero-order chi connectivity index (χ0) is 9.68. The predicted molar refractivity (Wildman–Crippen MR) is 59.5 cm³/mol. The molecule has 13 heavy (non-hydrogen) atoms. The Bertz CT molecular complexity index is 248. The second kappa shape index (κ2) is 5.55. The van der Waals surface area contributed by atoms with Crippen molar-refractivity contribution in [1.29, 1.82) is 0 Å². The van der Waals surface area contributed by atoms with E-state index < -0.39 is 0 Å². The molecule has 0 spiro atoms. The molecule has 0 bridgehead atoms. The van der Waals surface area contributed by atoms with Crippen LogP contribution in [0.5, 0.6) is 0 Å². The third-order valence-corrected chi connectivity index (χ3v) is 2.80. The van der Waals surface area contributed by atoms with Crippen LogP contribution in [0.2, 0.25) is 0 Å². The van der Waals surface area contributed by atoms with Gasteiger partial charge in [0.05, 0.1) is 11.6 Å². The first-order valence-electron chi connectivity index (χ1n) is 4.39. The second-order valence-electron chi connectivity index (χ2n) is 3.00. The van der Waals surface area contributed by atoms with E-state index in [0.29, 0.717) is 0 Å². The van der Waals surface area contributed by atoms with Crippen LogP contribution >= 0.6 is 23.4 Å². The van der Waals surface area contributed by atoms with Crippen LogP contribution in [0, 0.1) is 0 Å². The first-order valence-corrected chi connectivity index (χ1v) is 6.22. The van der Waals surface area contributed by atoms with Gasteiger partial charge in [-0.15, -0.1) is 11.6 Å². The van der Waals surface area contributed by atoms with Gasteiger partial charge < -0.3 is 0 Å². The Hall–Kier alpha value is -0.150. The maximum atomic E-state index is 5.92. The Morgan fingerprint density at radius 1 is 1.69 bits per heavy atom. The Morgan fingerprint density at radius 3 is 3.00 bits per heavy atom. The molecule has 0 aliphatic rings. The van der Waals surface area contributed by atoms with Gasteiger partial charge in [-0.25, -0.2) is 0 Å². The average Bonchev–Trinajstić information content (AvgIpc) is 2.53. The summed E-state index contributed by atoms with van der Waals surface area (Å²) in [5, 5.41) is 4.30. The van der Waals surface area contributed by atoms with Crippen molar-refractivity contribution >= 4 is 23.4 Å². The van der Waals surface area contributed by atoms with Crippen molar-refractivity contribution in [1.82, 2.24) is 9.78 Å². The van der Waals surface area contributed by atoms with E-state index in [1.165, 1.54) is 12.2 Å². The Balaban J connectivity index is 2.40. The normalized spacial score (nSPS) is 13.2. The molecule has 1 aromatic heterocycles. The molecule has 0 saturated heterocycles. The summed E-state index contributed by atoms with van der Waals surface area (Å²) in [7, 11) is 0. The number of aromatic nitrogens is 2. The molecule has 1 atom stereocenters. The van der Waals surface area contributed by atoms with Crippen molar-refractivity contribution in [2.24, 2.45) is 0 Å². The van der Waals surface area contributed by atoms with Gasteiger partial charge in [0.25, 0.3) is 0 Å². The zero-order valence-corrected chi connectivity index (χ0v) is 9.61. The summed E-state index contributed by atoms with van der Waals surface area (Å²) in [5.74, 6) is 1.19. The summed E-state index contributed by atoms with van der Waals surface area (Å²) in [6.45, 7) is 2.95. The first-order chi connectivity index (χ1) is 6.24. The molecular formula is C9H15ClN2S. The van der Waals surface area contributed by atoms with Crippen LogP contribution in [0.25, 0.3) is 0 Å². The van der Waals surface area contributed by atoms with Crippen molar-refractivity contribution in [3.8, 4) is 0 Å². The molecular weight excluding hydrogens is 204 g/mol. The highest BCUT2D eigenvalue weighted by Gasteiger charge is 2.03. The quantitative estimate of drug-likeness (QED) is 0.559. The van der Waals surface area contributed by atoms with Crippen LogP contribution in [0.1, 0.15) is 24.3 Å². The molecule has 1 unspecified atom stereocenters. The summed E-state index contributed by atoms with van der Waals surface area (Å²) in [6, 6.07) is 0. The van der Waals surface area contributed by atoms with Gasteiger partial charge in [0, 0.05) is 18.3 Å². The van der Waals surface area contributed by atoms with Crippen molar-refractivity contribution < 1.29 is 0 Å². The maximum Gasteiger partial charge on any atom is 0.0588 e. The van der Waals surface area contributed by atoms with Crippen LogP contribution in [-0.4, -0.2) is 21.8 Å². The number of hydrogen-bond donors (Lipinski definition) is 0. The zero-order valence-electron chi connectivity index (χ0n) is 8.03. The van der Waals surface area contributed by atoms with Crippen LogP contribution in [0.15, 0.2) is 12.4 Å². The smallest absolute Gasteiger partial charge is 0.0588 e. The van der Waals surface area contributed by atoms with Crippen LogP contribution in [0.4, 0.5) is 0 Å². The summed E-state index contributed by atoms with van der Waals surface area (Å²) in [5.41, 5.74) is 1.10. The average molecular weight is 219 g/mol. The summed E-state index contributed by atoms with van der Waals surface area (Å²) < 4.78 is 1.96. The first kappa shape index (κ1) is 10.9. The summed E-state index contributed by atoms with van der Waals surface area (Å²) in [4.78, 5) is 0. The number of aryl methyl sites for hydroxylation is 1. The van der Waals surface area contributed by atoms with E-state index in [1.54, 1.807) is 0 Å². The molecule has 2 nitrogen and oxygen atoms in total. The second-order valence-corrected chi connectivity index (χ2v) is 4.64. The third-order valence-electron chi connectivity index (χ3n) is 1.85. The minimum atomic E-state index is 0.0642. The van der Waals surface area contributed by atoms with E-state index in [9.17, 15) is 0 Å². The molecule has 0 aliphatic carbocycles. The monoisotopic (exact) mass is 218 g/mol. The minimum Gasteiger partial charge on any atom is -0.272 e. The summed E-state index contributed by atoms with van der Waals surface area (Å²) >= 11 is 7.79. The van der Waals surface area contributed by atoms with E-state index in [2.05, 4.69) is 11.4 Å². The molecule has 1 heterocycles. The predicted octanol–water partition coefficient (Wildman–Crippen LogP) is 2.94. The van der Waals surface area contributed by atoms with Crippen LogP contribution < -0.4 is 0 Å². The number of hydrogen-bond acceptors (Lipinski definition) is 2. The fraction of sp³-hybridized carbons (Fsp3) is 0.667. The lowest BCUT2D eigenvalue weighted by molar-refractivity contribution is 0.606. The number of rotatable bonds is 5. The maximum absolute atomic E-state index is 5.92. The highest BCUT2D eigenvalue weighted by Crippen LogP contribution is 2.17. The Labute approximate surface area is 88.7 Å². The molecule has 1 rings (SSSR count). The third kappa shape index (κ3) is 3.61. The van der Waals surface area contributed by atoms with E-state index in [0.717, 1.165) is 12.1 Å². The van der Waals surface area contributed by atoms with Gasteiger partial charge in [-0.2, -0.15) is 16.9 Å². The van der Waals surface area contributed by atoms with Crippen molar-refractivity contribution in [3.05, 3.63) is 18.0 Å². The topological polar surface area (TPSA) is 17.8 Å². The van der Waals surface area contributed by atoms with Crippen molar-refractivity contribution in [2.75, 3.05) is 12.0 Å². The minimum absolute atomic E-state index is 0.0642.